The third-order valence-corrected chi connectivity index (χ3v) is 6.68. The molecule has 0 radical (unpaired) electrons. The van der Waals surface area contributed by atoms with Gasteiger partial charge < -0.3 is 15.1 Å². The SMILES string of the molecule is CCc1ccc2c(c1)C(=O)Nc1cccnc1N2C(=O)N1CC2(CCN(CC)C2)C1. The minimum Gasteiger partial charge on any atom is -0.323 e. The van der Waals surface area contributed by atoms with Gasteiger partial charge in [0.25, 0.3) is 5.91 Å². The van der Waals surface area contributed by atoms with Crippen LogP contribution in [0.4, 0.5) is 22.0 Å². The Morgan fingerprint density at radius 2 is 2.03 bits per heavy atom. The minimum absolute atomic E-state index is 0.113. The molecule has 2 aromatic rings. The first kappa shape index (κ1) is 19.1. The number of aromatic nitrogens is 1. The number of hydrogen-bond donors (Lipinski definition) is 1. The number of nitrogens with one attached hydrogen (secondary N) is 1. The maximum atomic E-state index is 13.7. The zero-order valence-corrected chi connectivity index (χ0v) is 17.5. The summed E-state index contributed by atoms with van der Waals surface area (Å²) in [5.74, 6) is 0.265. The molecule has 7 heteroatoms. The zero-order chi connectivity index (χ0) is 20.9. The van der Waals surface area contributed by atoms with Crippen molar-refractivity contribution in [3.05, 3.63) is 47.7 Å². The Labute approximate surface area is 176 Å². The van der Waals surface area contributed by atoms with Gasteiger partial charge >= 0.3 is 6.03 Å². The van der Waals surface area contributed by atoms with Gasteiger partial charge in [0.05, 0.1) is 16.9 Å². The van der Waals surface area contributed by atoms with Crippen LogP contribution in [0.15, 0.2) is 36.5 Å². The predicted octanol–water partition coefficient (Wildman–Crippen LogP) is 3.50. The van der Waals surface area contributed by atoms with Crippen molar-refractivity contribution in [2.45, 2.75) is 26.7 Å². The van der Waals surface area contributed by atoms with Crippen molar-refractivity contribution in [2.75, 3.05) is 42.9 Å². The topological polar surface area (TPSA) is 68.8 Å². The third-order valence-electron chi connectivity index (χ3n) is 6.68. The number of nitrogens with zero attached hydrogens (tertiary/aromatic N) is 4. The van der Waals surface area contributed by atoms with E-state index < -0.39 is 0 Å². The zero-order valence-electron chi connectivity index (χ0n) is 17.5. The molecular weight excluding hydrogens is 378 g/mol. The molecule has 0 aliphatic carbocycles. The fraction of sp³-hybridized carbons (Fsp3) is 0.435. The summed E-state index contributed by atoms with van der Waals surface area (Å²) < 4.78 is 0. The second-order valence-corrected chi connectivity index (χ2v) is 8.63. The number of amides is 3. The van der Waals surface area contributed by atoms with Crippen molar-refractivity contribution in [3.63, 3.8) is 0 Å². The van der Waals surface area contributed by atoms with Crippen LogP contribution in [0.5, 0.6) is 0 Å². The third kappa shape index (κ3) is 2.96. The molecule has 1 spiro atoms. The minimum atomic E-state index is -0.209. The molecule has 1 aromatic heterocycles. The van der Waals surface area contributed by atoms with E-state index in [1.807, 2.05) is 23.1 Å². The molecule has 156 valence electrons. The van der Waals surface area contributed by atoms with Gasteiger partial charge in [-0.15, -0.1) is 0 Å². The maximum Gasteiger partial charge on any atom is 0.330 e. The highest BCUT2D eigenvalue weighted by Gasteiger charge is 2.50. The number of rotatable bonds is 2. The normalized spacial score (nSPS) is 19.7. The van der Waals surface area contributed by atoms with Gasteiger partial charge in [-0.05, 0) is 55.8 Å². The van der Waals surface area contributed by atoms with Crippen LogP contribution in [-0.4, -0.2) is 59.4 Å². The van der Waals surface area contributed by atoms with Gasteiger partial charge in [0, 0.05) is 31.2 Å². The van der Waals surface area contributed by atoms with Crippen LogP contribution in [0.1, 0.15) is 36.2 Å². The number of likely N-dealkylation sites (tertiary alicyclic amines) is 2. The van der Waals surface area contributed by atoms with Crippen LogP contribution in [0, 0.1) is 5.41 Å². The molecule has 0 atom stereocenters. The fourth-order valence-corrected chi connectivity index (χ4v) is 4.95. The summed E-state index contributed by atoms with van der Waals surface area (Å²) in [5, 5.41) is 2.93. The Balaban J connectivity index is 1.51. The standard InChI is InChI=1S/C23H27N5O2/c1-3-16-7-8-19-17(12-16)21(29)25-18-6-5-10-24-20(18)28(19)22(30)27-14-23(15-27)9-11-26(4-2)13-23/h5-8,10,12H,3-4,9,11,13-15H2,1-2H3,(H,25,29). The maximum absolute atomic E-state index is 13.7. The molecule has 7 nitrogen and oxygen atoms in total. The molecule has 0 unspecified atom stereocenters. The van der Waals surface area contributed by atoms with E-state index in [1.54, 1.807) is 23.2 Å². The van der Waals surface area contributed by atoms with Crippen molar-refractivity contribution in [1.82, 2.24) is 14.8 Å². The number of carbonyl (C=O) groups is 2. The number of fused-ring (bicyclic) bond motifs is 2. The lowest BCUT2D eigenvalue weighted by molar-refractivity contribution is 0.0429. The smallest absolute Gasteiger partial charge is 0.323 e. The molecule has 0 saturated carbocycles. The molecule has 1 aromatic carbocycles. The number of hydrogen-bond acceptors (Lipinski definition) is 4. The van der Waals surface area contributed by atoms with E-state index in [-0.39, 0.29) is 17.4 Å². The number of benzene rings is 1. The first-order valence-corrected chi connectivity index (χ1v) is 10.7. The molecule has 0 bridgehead atoms. The van der Waals surface area contributed by atoms with Crippen molar-refractivity contribution >= 4 is 29.1 Å². The Hall–Kier alpha value is -2.93. The Kier molecular flexibility index (Phi) is 4.50. The molecule has 3 aliphatic rings. The van der Waals surface area contributed by atoms with E-state index in [0.29, 0.717) is 22.8 Å². The van der Waals surface area contributed by atoms with Crippen LogP contribution in [0.25, 0.3) is 0 Å². The summed E-state index contributed by atoms with van der Waals surface area (Å²) in [7, 11) is 0. The summed E-state index contributed by atoms with van der Waals surface area (Å²) >= 11 is 0. The number of carbonyl (C=O) groups excluding carboxylic acids is 2. The molecule has 3 aliphatic heterocycles. The lowest BCUT2D eigenvalue weighted by Gasteiger charge is -2.49. The number of urea groups is 1. The Morgan fingerprint density at radius 1 is 1.20 bits per heavy atom. The summed E-state index contributed by atoms with van der Waals surface area (Å²) in [5.41, 5.74) is 2.93. The number of pyridine rings is 1. The van der Waals surface area contributed by atoms with Crippen molar-refractivity contribution in [2.24, 2.45) is 5.41 Å². The molecule has 5 rings (SSSR count). The lowest BCUT2D eigenvalue weighted by atomic mass is 9.79. The summed E-state index contributed by atoms with van der Waals surface area (Å²) in [6.07, 6.45) is 3.61. The van der Waals surface area contributed by atoms with E-state index >= 15 is 0 Å². The highest BCUT2D eigenvalue weighted by Crippen LogP contribution is 2.43. The van der Waals surface area contributed by atoms with E-state index in [0.717, 1.165) is 51.1 Å². The van der Waals surface area contributed by atoms with Crippen molar-refractivity contribution in [3.8, 4) is 0 Å². The second-order valence-electron chi connectivity index (χ2n) is 8.63. The van der Waals surface area contributed by atoms with Crippen LogP contribution in [0.2, 0.25) is 0 Å². The number of aryl methyl sites for hydroxylation is 1. The Morgan fingerprint density at radius 3 is 2.77 bits per heavy atom. The first-order chi connectivity index (χ1) is 14.5. The largest absolute Gasteiger partial charge is 0.330 e. The first-order valence-electron chi connectivity index (χ1n) is 10.7. The van der Waals surface area contributed by atoms with Gasteiger partial charge in [-0.25, -0.2) is 14.7 Å². The monoisotopic (exact) mass is 405 g/mol. The van der Waals surface area contributed by atoms with Crippen LogP contribution < -0.4 is 10.2 Å². The van der Waals surface area contributed by atoms with E-state index in [4.69, 9.17) is 0 Å². The quantitative estimate of drug-likeness (QED) is 0.830. The Bertz CT molecular complexity index is 1010. The molecular formula is C23H27N5O2. The van der Waals surface area contributed by atoms with Gasteiger partial charge in [0.1, 0.15) is 0 Å². The number of anilines is 3. The molecule has 30 heavy (non-hydrogen) atoms. The fourth-order valence-electron chi connectivity index (χ4n) is 4.95. The summed E-state index contributed by atoms with van der Waals surface area (Å²) in [6.45, 7) is 8.96. The summed E-state index contributed by atoms with van der Waals surface area (Å²) in [6, 6.07) is 9.18. The van der Waals surface area contributed by atoms with Gasteiger partial charge in [0.15, 0.2) is 5.82 Å². The van der Waals surface area contributed by atoms with Gasteiger partial charge in [-0.2, -0.15) is 0 Å². The van der Waals surface area contributed by atoms with Crippen molar-refractivity contribution in [1.29, 1.82) is 0 Å². The van der Waals surface area contributed by atoms with E-state index in [9.17, 15) is 9.59 Å². The highest BCUT2D eigenvalue weighted by atomic mass is 16.2. The second kappa shape index (κ2) is 7.09. The van der Waals surface area contributed by atoms with Gasteiger partial charge in [-0.1, -0.05) is 19.9 Å². The molecule has 4 heterocycles. The van der Waals surface area contributed by atoms with Gasteiger partial charge in [-0.3, -0.25) is 4.79 Å². The average molecular weight is 406 g/mol. The molecule has 1 N–H and O–H groups in total. The predicted molar refractivity (Wildman–Crippen MR) is 116 cm³/mol. The van der Waals surface area contributed by atoms with Gasteiger partial charge in [0.2, 0.25) is 0 Å². The van der Waals surface area contributed by atoms with Crippen LogP contribution in [-0.2, 0) is 6.42 Å². The van der Waals surface area contributed by atoms with E-state index in [2.05, 4.69) is 29.0 Å². The molecule has 2 fully saturated rings. The van der Waals surface area contributed by atoms with Crippen LogP contribution in [0.3, 0.4) is 0 Å². The summed E-state index contributed by atoms with van der Waals surface area (Å²) in [4.78, 5) is 37.0. The lowest BCUT2D eigenvalue weighted by Crippen LogP contribution is -2.61. The van der Waals surface area contributed by atoms with Crippen molar-refractivity contribution < 1.29 is 9.59 Å². The highest BCUT2D eigenvalue weighted by molar-refractivity contribution is 6.17. The average Bonchev–Trinajstić information content (AvgIpc) is 3.14. The van der Waals surface area contributed by atoms with E-state index in [1.165, 1.54) is 0 Å². The molecule has 2 saturated heterocycles. The van der Waals surface area contributed by atoms with Crippen LogP contribution >= 0.6 is 0 Å². The molecule has 3 amide bonds.